The number of phenols is 2. The number of benzene rings is 2. The van der Waals surface area contributed by atoms with Gasteiger partial charge in [-0.15, -0.1) is 0 Å². The third-order valence-corrected chi connectivity index (χ3v) is 13.1. The highest BCUT2D eigenvalue weighted by Gasteiger charge is 2.51. The molecule has 2 aromatic carbocycles. The summed E-state index contributed by atoms with van der Waals surface area (Å²) < 4.78 is 24.4. The molecule has 0 aromatic heterocycles. The Morgan fingerprint density at radius 2 is 1.64 bits per heavy atom. The second kappa shape index (κ2) is 20.7. The fourth-order valence-electron chi connectivity index (χ4n) is 8.99. The van der Waals surface area contributed by atoms with Crippen LogP contribution in [0.2, 0.25) is 0 Å². The maximum absolute atomic E-state index is 14.2. The van der Waals surface area contributed by atoms with Gasteiger partial charge in [-0.05, 0) is 32.1 Å². The number of allylic oxidation sites excluding steroid dienone is 4. The van der Waals surface area contributed by atoms with Crippen molar-refractivity contribution in [2.45, 2.75) is 85.6 Å². The van der Waals surface area contributed by atoms with Crippen LogP contribution in [0.4, 0.5) is 5.69 Å². The van der Waals surface area contributed by atoms with Crippen LogP contribution in [0.3, 0.4) is 0 Å². The molecule has 0 radical (unpaired) electrons. The van der Waals surface area contributed by atoms with E-state index >= 15 is 0 Å². The molecule has 1 saturated heterocycles. The Bertz CT molecular complexity index is 2350. The Morgan fingerprint density at radius 1 is 0.939 bits per heavy atom. The smallest absolute Gasteiger partial charge is 0.302 e. The number of fused-ring (bicyclic) bond motifs is 14. The highest BCUT2D eigenvalue weighted by Crippen LogP contribution is 2.48. The number of amides is 1. The minimum absolute atomic E-state index is 0.0165. The number of aliphatic hydroxyl groups is 2. The molecule has 5 N–H and O–H groups in total. The Labute approximate surface area is 385 Å². The van der Waals surface area contributed by atoms with Crippen LogP contribution in [0.15, 0.2) is 77.3 Å². The van der Waals surface area contributed by atoms with Crippen LogP contribution in [0.25, 0.3) is 0 Å². The first kappa shape index (κ1) is 49.4. The number of nitrogens with one attached hydrogen (secondary N) is 1. The summed E-state index contributed by atoms with van der Waals surface area (Å²) in [6.45, 7) is 16.0. The normalized spacial score (nSPS) is 31.2. The second-order valence-corrected chi connectivity index (χ2v) is 17.6. The third-order valence-electron chi connectivity index (χ3n) is 13.1. The number of hydrogen-bond acceptors (Lipinski definition) is 16. The number of anilines is 1. The van der Waals surface area contributed by atoms with E-state index in [9.17, 15) is 39.6 Å². The van der Waals surface area contributed by atoms with Crippen molar-refractivity contribution in [1.29, 1.82) is 0 Å². The van der Waals surface area contributed by atoms with Crippen molar-refractivity contribution >= 4 is 34.8 Å². The molecule has 7 rings (SSSR count). The fourth-order valence-corrected chi connectivity index (χ4v) is 8.99. The molecule has 9 atom stereocenters. The summed E-state index contributed by atoms with van der Waals surface area (Å²) in [5, 5.41) is 51.9. The lowest BCUT2D eigenvalue weighted by molar-refractivity contribution is -0.160. The first-order chi connectivity index (χ1) is 31.3. The minimum atomic E-state index is -1.83. The van der Waals surface area contributed by atoms with Gasteiger partial charge < -0.3 is 54.4 Å². The Kier molecular flexibility index (Phi) is 15.5. The molecule has 356 valence electrons. The standard InChI is InChI=1S/C49H62N4O13/c1-26-13-12-14-27(2)48(61)50-33-25-36(56)38-39(44(33)60)43(59)31(6)46-40(38)47(51-64-24-22-52-18-20-53(21-19-52)34-15-10-11-16-35(34)55)49(8,66-46)63-23-17-37(62-9)28(3)45(65-32(7)54)30(5)42(58)29(4)41(26)57/h10-17,23,25-26,28-30,37,41-42,45,55,57-59H,18-22,24H2,1-9H3,(H,50,61)/b13-12+,23-17+,27-14-,51-47-/t26-,28+,29+,30+,37-,41-,42+,45+,49-/m0/s1. The number of methoxy groups -OCH3 is 1. The van der Waals surface area contributed by atoms with Crippen molar-refractivity contribution in [3.8, 4) is 17.2 Å². The number of nitrogens with zero attached hydrogens (tertiary/aromatic N) is 3. The van der Waals surface area contributed by atoms with Gasteiger partial charge in [0, 0.05) is 94.6 Å². The van der Waals surface area contributed by atoms with Crippen molar-refractivity contribution in [3.63, 3.8) is 0 Å². The predicted octanol–water partition coefficient (Wildman–Crippen LogP) is 4.70. The van der Waals surface area contributed by atoms with Gasteiger partial charge in [-0.2, -0.15) is 0 Å². The number of esters is 1. The number of carbonyl (C=O) groups is 4. The summed E-state index contributed by atoms with van der Waals surface area (Å²) in [6, 6.07) is 7.19. The lowest BCUT2D eigenvalue weighted by atomic mass is 9.78. The number of rotatable bonds is 7. The summed E-state index contributed by atoms with van der Waals surface area (Å²) >= 11 is 0. The number of Topliss-reactive ketones (excluding diaryl/α,β-unsaturated/α-hetero) is 1. The van der Waals surface area contributed by atoms with E-state index in [0.717, 1.165) is 11.8 Å². The van der Waals surface area contributed by atoms with E-state index in [1.165, 1.54) is 47.1 Å². The van der Waals surface area contributed by atoms with Gasteiger partial charge in [-0.3, -0.25) is 24.1 Å². The number of piperazine rings is 1. The number of ketones is 2. The Hall–Kier alpha value is -6.01. The van der Waals surface area contributed by atoms with E-state index in [-0.39, 0.29) is 57.3 Å². The third kappa shape index (κ3) is 10.2. The number of aromatic hydroxyl groups is 2. The molecule has 0 saturated carbocycles. The van der Waals surface area contributed by atoms with E-state index in [1.807, 2.05) is 12.1 Å². The van der Waals surface area contributed by atoms with Gasteiger partial charge in [0.25, 0.3) is 11.7 Å². The van der Waals surface area contributed by atoms with E-state index in [4.69, 9.17) is 23.8 Å². The molecule has 1 amide bonds. The zero-order valence-electron chi connectivity index (χ0n) is 38.9. The Balaban J connectivity index is 1.38. The number of phenolic OH excluding ortho intramolecular Hbond substituents is 2. The maximum atomic E-state index is 14.2. The second-order valence-electron chi connectivity index (χ2n) is 17.6. The van der Waals surface area contributed by atoms with Crippen molar-refractivity contribution in [1.82, 2.24) is 10.2 Å². The lowest BCUT2D eigenvalue weighted by Gasteiger charge is -2.38. The predicted molar refractivity (Wildman–Crippen MR) is 244 cm³/mol. The van der Waals surface area contributed by atoms with Gasteiger partial charge in [0.05, 0.1) is 52.6 Å². The number of oxime groups is 1. The number of aliphatic hydroxyl groups excluding tert-OH is 2. The average molecular weight is 915 g/mol. The molecule has 0 spiro atoms. The van der Waals surface area contributed by atoms with Crippen LogP contribution in [-0.4, -0.2) is 131 Å². The van der Waals surface area contributed by atoms with Crippen LogP contribution in [0.5, 0.6) is 17.2 Å². The summed E-state index contributed by atoms with van der Waals surface area (Å²) in [5.74, 6) is -7.43. The number of ether oxygens (including phenoxy) is 4. The zero-order valence-corrected chi connectivity index (χ0v) is 38.9. The van der Waals surface area contributed by atoms with Crippen LogP contribution in [0, 0.1) is 30.6 Å². The van der Waals surface area contributed by atoms with Crippen LogP contribution >= 0.6 is 0 Å². The zero-order chi connectivity index (χ0) is 48.2. The van der Waals surface area contributed by atoms with E-state index < -0.39 is 83.1 Å². The van der Waals surface area contributed by atoms with Crippen molar-refractivity contribution < 1.29 is 63.4 Å². The number of para-hydroxylation sites is 2. The quantitative estimate of drug-likeness (QED) is 0.144. The van der Waals surface area contributed by atoms with Crippen LogP contribution in [0.1, 0.15) is 80.3 Å². The van der Waals surface area contributed by atoms with Gasteiger partial charge in [0.15, 0.2) is 11.5 Å². The molecule has 5 aliphatic rings. The molecule has 1 fully saturated rings. The van der Waals surface area contributed by atoms with Gasteiger partial charge in [0.1, 0.15) is 30.0 Å². The minimum Gasteiger partial charge on any atom is -0.507 e. The molecule has 5 bridgehead atoms. The number of carbonyl (C=O) groups excluding carboxylic acids is 4. The van der Waals surface area contributed by atoms with Crippen molar-refractivity contribution in [3.05, 3.63) is 94.4 Å². The molecule has 4 heterocycles. The molecule has 4 aliphatic heterocycles. The summed E-state index contributed by atoms with van der Waals surface area (Å²) in [5.41, 5.74) is 0.122. The molecule has 0 unspecified atom stereocenters. The topological polar surface area (TPSA) is 226 Å². The maximum Gasteiger partial charge on any atom is 0.302 e. The van der Waals surface area contributed by atoms with Crippen LogP contribution < -0.4 is 15.0 Å². The van der Waals surface area contributed by atoms with Crippen molar-refractivity contribution in [2.75, 3.05) is 51.3 Å². The van der Waals surface area contributed by atoms with E-state index in [1.54, 1.807) is 58.1 Å². The summed E-state index contributed by atoms with van der Waals surface area (Å²) in [4.78, 5) is 64.5. The average Bonchev–Trinajstić information content (AvgIpc) is 3.58. The molecule has 17 nitrogen and oxygen atoms in total. The molecular weight excluding hydrogens is 853 g/mol. The van der Waals surface area contributed by atoms with Gasteiger partial charge in [-0.1, -0.05) is 63.2 Å². The van der Waals surface area contributed by atoms with Gasteiger partial charge in [0.2, 0.25) is 5.78 Å². The molecule has 2 aromatic rings. The molecule has 1 aliphatic carbocycles. The monoisotopic (exact) mass is 914 g/mol. The fraction of sp³-hybridized carbons (Fsp3) is 0.490. The van der Waals surface area contributed by atoms with E-state index in [2.05, 4.69) is 20.3 Å². The van der Waals surface area contributed by atoms with Gasteiger partial charge >= 0.3 is 5.97 Å². The highest BCUT2D eigenvalue weighted by molar-refractivity contribution is 6.31. The largest absolute Gasteiger partial charge is 0.507 e. The van der Waals surface area contributed by atoms with E-state index in [0.29, 0.717) is 32.7 Å². The first-order valence-corrected chi connectivity index (χ1v) is 22.2. The number of hydrogen-bond donors (Lipinski definition) is 5. The van der Waals surface area contributed by atoms with Gasteiger partial charge in [-0.25, -0.2) is 0 Å². The SMILES string of the molecule is CO[C@H]1/C=C/O[C@@]2(C)Oc3c(C)c(O)c4c(c3/C2=N/OCCN2CCN(c3ccccc3O)CC2)C(=O)C=C(NC(=O)/C(C)=C\C=C\[C@H](C)[C@H](O)[C@@H](C)[C@@H](O)[C@@H](C)[C@H](OC(C)=O)[C@@H]1C)C4=O. The van der Waals surface area contributed by atoms with Crippen molar-refractivity contribution in [2.24, 2.45) is 28.8 Å². The Morgan fingerprint density at radius 3 is 2.30 bits per heavy atom. The molecule has 66 heavy (non-hydrogen) atoms. The van der Waals surface area contributed by atoms with Crippen LogP contribution in [-0.2, 0) is 28.6 Å². The summed E-state index contributed by atoms with van der Waals surface area (Å²) in [7, 11) is 1.46. The summed E-state index contributed by atoms with van der Waals surface area (Å²) in [6.07, 6.45) is 4.70. The highest BCUT2D eigenvalue weighted by atomic mass is 16.7. The lowest BCUT2D eigenvalue weighted by Crippen LogP contribution is -2.47. The molecule has 17 heteroatoms. The first-order valence-electron chi connectivity index (χ1n) is 22.2. The molecular formula is C49H62N4O13.